The molecular weight excluding hydrogens is 460 g/mol. The van der Waals surface area contributed by atoms with Crippen molar-refractivity contribution in [2.24, 2.45) is 0 Å². The van der Waals surface area contributed by atoms with E-state index in [2.05, 4.69) is 31.1 Å². The molecule has 1 N–H and O–H groups in total. The molecule has 0 aliphatic heterocycles. The fourth-order valence-electron chi connectivity index (χ4n) is 4.43. The zero-order valence-corrected chi connectivity index (χ0v) is 22.5. The summed E-state index contributed by atoms with van der Waals surface area (Å²) >= 11 is 0. The first-order valence-corrected chi connectivity index (χ1v) is 15.7. The van der Waals surface area contributed by atoms with Crippen LogP contribution in [0.4, 0.5) is 0 Å². The van der Waals surface area contributed by atoms with Crippen LogP contribution < -0.4 is 4.74 Å². The van der Waals surface area contributed by atoms with Gasteiger partial charge in [-0.25, -0.2) is 4.79 Å². The molecule has 4 rings (SSSR count). The Balaban J connectivity index is 2.00. The Bertz CT molecular complexity index is 1430. The van der Waals surface area contributed by atoms with Crippen molar-refractivity contribution in [3.8, 4) is 17.2 Å². The second-order valence-corrected chi connectivity index (χ2v) is 15.0. The van der Waals surface area contributed by atoms with Gasteiger partial charge in [-0.1, -0.05) is 117 Å². The predicted octanol–water partition coefficient (Wildman–Crippen LogP) is 6.91. The van der Waals surface area contributed by atoms with E-state index in [9.17, 15) is 9.90 Å². The van der Waals surface area contributed by atoms with E-state index in [1.54, 1.807) is 6.07 Å². The number of benzene rings is 4. The maximum Gasteiger partial charge on any atom is 0.349 e. The third kappa shape index (κ3) is 5.13. The van der Waals surface area contributed by atoms with Gasteiger partial charge in [-0.15, -0.1) is 5.54 Å². The van der Waals surface area contributed by atoms with Crippen LogP contribution in [-0.4, -0.2) is 19.1 Å². The summed E-state index contributed by atoms with van der Waals surface area (Å²) < 4.78 is 6.03. The molecule has 0 amide bonds. The fraction of sp³-hybridized carbons (Fsp3) is 0.219. The van der Waals surface area contributed by atoms with Gasteiger partial charge in [0, 0.05) is 5.56 Å². The molecule has 0 aliphatic carbocycles. The molecule has 0 aliphatic rings. The molecule has 0 aromatic heterocycles. The van der Waals surface area contributed by atoms with Gasteiger partial charge in [0.25, 0.3) is 0 Å². The van der Waals surface area contributed by atoms with E-state index in [-0.39, 0.29) is 0 Å². The van der Waals surface area contributed by atoms with Crippen LogP contribution in [0.1, 0.15) is 28.2 Å². The number of aryl methyl sites for hydroxylation is 2. The lowest BCUT2D eigenvalue weighted by molar-refractivity contribution is -0.157. The Kier molecular flexibility index (Phi) is 7.17. The quantitative estimate of drug-likeness (QED) is 0.142. The van der Waals surface area contributed by atoms with Crippen LogP contribution >= 0.6 is 0 Å². The highest BCUT2D eigenvalue weighted by atomic mass is 28.3. The molecule has 0 heterocycles. The summed E-state index contributed by atoms with van der Waals surface area (Å²) in [5.41, 5.74) is 4.25. The van der Waals surface area contributed by atoms with E-state index in [1.807, 2.05) is 98.8 Å². The highest BCUT2D eigenvalue weighted by Crippen LogP contribution is 2.42. The first-order valence-electron chi connectivity index (χ1n) is 12.2. The maximum absolute atomic E-state index is 14.2. The van der Waals surface area contributed by atoms with Gasteiger partial charge in [0.15, 0.2) is 0 Å². The van der Waals surface area contributed by atoms with E-state index >= 15 is 0 Å². The number of hydrogen-bond donors (Lipinski definition) is 1. The Labute approximate surface area is 214 Å². The van der Waals surface area contributed by atoms with Crippen molar-refractivity contribution in [3.05, 3.63) is 113 Å². The number of para-hydroxylation sites is 1. The summed E-state index contributed by atoms with van der Waals surface area (Å²) in [6, 6.07) is 28.6. The molecule has 0 saturated heterocycles. The van der Waals surface area contributed by atoms with Crippen LogP contribution in [0, 0.1) is 25.3 Å². The van der Waals surface area contributed by atoms with Crippen molar-refractivity contribution in [1.82, 2.24) is 0 Å². The molecule has 0 spiro atoms. The second-order valence-electron chi connectivity index (χ2n) is 10.3. The lowest BCUT2D eigenvalue weighted by Crippen LogP contribution is -2.44. The average molecular weight is 493 g/mol. The van der Waals surface area contributed by atoms with E-state index in [0.29, 0.717) is 11.3 Å². The number of ether oxygens (including phenoxy) is 1. The molecule has 3 nitrogen and oxygen atoms in total. The number of fused-ring (bicyclic) bond motifs is 1. The van der Waals surface area contributed by atoms with Gasteiger partial charge in [-0.2, -0.15) is 0 Å². The summed E-state index contributed by atoms with van der Waals surface area (Å²) in [4.78, 5) is 14.2. The molecule has 0 radical (unpaired) electrons. The van der Waals surface area contributed by atoms with Crippen molar-refractivity contribution < 1.29 is 14.6 Å². The third-order valence-corrected chi connectivity index (χ3v) is 7.15. The third-order valence-electron chi connectivity index (χ3n) is 6.26. The number of carbonyl (C=O) groups is 1. The summed E-state index contributed by atoms with van der Waals surface area (Å²) in [5, 5.41) is 14.4. The zero-order valence-electron chi connectivity index (χ0n) is 21.5. The minimum Gasteiger partial charge on any atom is -0.424 e. The fourth-order valence-corrected chi connectivity index (χ4v) is 5.01. The Hall–Kier alpha value is -3.65. The molecule has 4 aromatic rings. The molecule has 0 fully saturated rings. The van der Waals surface area contributed by atoms with Crippen molar-refractivity contribution >= 4 is 24.8 Å². The van der Waals surface area contributed by atoms with Crippen molar-refractivity contribution in [2.45, 2.75) is 45.0 Å². The largest absolute Gasteiger partial charge is 0.424 e. The van der Waals surface area contributed by atoms with Crippen LogP contribution in [0.3, 0.4) is 0 Å². The van der Waals surface area contributed by atoms with Crippen LogP contribution in [0.25, 0.3) is 10.8 Å². The standard InChI is InChI=1S/C32H32O3Si/c1-23-13-11-14-24(2)30(23)35-31(33)32(34,29-20-12-18-25-15-9-10-19-27(25)29)28(21-22-36(3,4)5)26-16-7-6-8-17-26/h6-20,28,34H,1-5H3/t28-,32-/m0/s1. The number of rotatable bonds is 5. The second kappa shape index (κ2) is 10.1. The number of esters is 1. The summed E-state index contributed by atoms with van der Waals surface area (Å²) in [6.45, 7) is 10.2. The van der Waals surface area contributed by atoms with Crippen LogP contribution in [0.2, 0.25) is 19.6 Å². The Morgan fingerprint density at radius 2 is 1.42 bits per heavy atom. The van der Waals surface area contributed by atoms with Gasteiger partial charge in [0.1, 0.15) is 13.8 Å². The first kappa shape index (κ1) is 25.4. The lowest BCUT2D eigenvalue weighted by Gasteiger charge is -2.33. The summed E-state index contributed by atoms with van der Waals surface area (Å²) in [7, 11) is -1.84. The van der Waals surface area contributed by atoms with Gasteiger partial charge in [-0.05, 0) is 41.3 Å². The molecule has 0 saturated carbocycles. The lowest BCUT2D eigenvalue weighted by atomic mass is 9.76. The van der Waals surface area contributed by atoms with E-state index < -0.39 is 25.6 Å². The maximum atomic E-state index is 14.2. The molecule has 4 aromatic carbocycles. The van der Waals surface area contributed by atoms with Crippen molar-refractivity contribution in [2.75, 3.05) is 0 Å². The summed E-state index contributed by atoms with van der Waals surface area (Å²) in [5.74, 6) is 2.23. The van der Waals surface area contributed by atoms with Gasteiger partial charge >= 0.3 is 5.97 Å². The van der Waals surface area contributed by atoms with Crippen molar-refractivity contribution in [1.29, 1.82) is 0 Å². The molecule has 2 atom stereocenters. The normalized spacial score (nSPS) is 13.8. The van der Waals surface area contributed by atoms with Crippen molar-refractivity contribution in [3.63, 3.8) is 0 Å². The van der Waals surface area contributed by atoms with E-state index in [4.69, 9.17) is 4.74 Å². The van der Waals surface area contributed by atoms with Crippen LogP contribution in [0.15, 0.2) is 91.0 Å². The number of hydrogen-bond acceptors (Lipinski definition) is 3. The molecular formula is C32H32O3Si. The number of carbonyl (C=O) groups excluding carboxylic acids is 1. The minimum absolute atomic E-state index is 0.464. The SMILES string of the molecule is Cc1cccc(C)c1OC(=O)[C@@](O)(c1cccc2ccccc12)[C@@H](C#C[Si](C)(C)C)c1ccccc1. The van der Waals surface area contributed by atoms with Gasteiger partial charge in [0.05, 0.1) is 5.92 Å². The van der Waals surface area contributed by atoms with E-state index in [0.717, 1.165) is 27.5 Å². The van der Waals surface area contributed by atoms with E-state index in [1.165, 1.54) is 0 Å². The van der Waals surface area contributed by atoms with Gasteiger partial charge < -0.3 is 9.84 Å². The molecule has 36 heavy (non-hydrogen) atoms. The van der Waals surface area contributed by atoms with Crippen LogP contribution in [-0.2, 0) is 10.4 Å². The Morgan fingerprint density at radius 1 is 0.833 bits per heavy atom. The first-order chi connectivity index (χ1) is 17.1. The smallest absolute Gasteiger partial charge is 0.349 e. The predicted molar refractivity (Wildman–Crippen MR) is 150 cm³/mol. The average Bonchev–Trinajstić information content (AvgIpc) is 2.85. The van der Waals surface area contributed by atoms with Gasteiger partial charge in [-0.3, -0.25) is 0 Å². The topological polar surface area (TPSA) is 46.5 Å². The molecule has 4 heteroatoms. The molecule has 182 valence electrons. The minimum atomic E-state index is -2.05. The summed E-state index contributed by atoms with van der Waals surface area (Å²) in [6.07, 6.45) is 0. The number of aliphatic hydroxyl groups is 1. The zero-order chi connectivity index (χ0) is 25.9. The van der Waals surface area contributed by atoms with Gasteiger partial charge in [0.2, 0.25) is 5.60 Å². The Morgan fingerprint density at radius 3 is 2.08 bits per heavy atom. The molecule has 0 bridgehead atoms. The highest BCUT2D eigenvalue weighted by Gasteiger charge is 2.49. The molecule has 0 unspecified atom stereocenters. The monoisotopic (exact) mass is 492 g/mol. The highest BCUT2D eigenvalue weighted by molar-refractivity contribution is 6.83. The van der Waals surface area contributed by atoms with Crippen LogP contribution in [0.5, 0.6) is 5.75 Å².